The zero-order valence-electron chi connectivity index (χ0n) is 15.0. The van der Waals surface area contributed by atoms with E-state index in [0.29, 0.717) is 10.6 Å². The Bertz CT molecular complexity index is 1140. The zero-order chi connectivity index (χ0) is 20.7. The molecule has 9 heteroatoms. The fraction of sp³-hybridized carbons (Fsp3) is 0.100. The van der Waals surface area contributed by atoms with E-state index >= 15 is 0 Å². The first-order valence-corrected chi connectivity index (χ1v) is 10.1. The number of carbonyl (C=O) groups is 2. The van der Waals surface area contributed by atoms with Crippen LogP contribution in [0, 0.1) is 12.7 Å². The lowest BCUT2D eigenvalue weighted by atomic mass is 9.95. The number of nitrogens with zero attached hydrogens (tertiary/aromatic N) is 3. The summed E-state index contributed by atoms with van der Waals surface area (Å²) in [5.41, 5.74) is 0.764. The highest BCUT2D eigenvalue weighted by Crippen LogP contribution is 2.43. The molecule has 1 N–H and O–H groups in total. The minimum absolute atomic E-state index is 0.0863. The molecule has 146 valence electrons. The molecule has 0 unspecified atom stereocenters. The van der Waals surface area contributed by atoms with Crippen LogP contribution in [0.5, 0.6) is 0 Å². The first-order chi connectivity index (χ1) is 13.9. The van der Waals surface area contributed by atoms with Crippen molar-refractivity contribution in [1.29, 1.82) is 0 Å². The van der Waals surface area contributed by atoms with Crippen LogP contribution in [0.2, 0.25) is 0 Å². The molecule has 0 aliphatic carbocycles. The second-order valence-electron chi connectivity index (χ2n) is 6.33. The van der Waals surface area contributed by atoms with Gasteiger partial charge in [-0.1, -0.05) is 39.4 Å². The van der Waals surface area contributed by atoms with Crippen molar-refractivity contribution < 1.29 is 19.1 Å². The van der Waals surface area contributed by atoms with Crippen molar-refractivity contribution in [3.05, 3.63) is 80.5 Å². The van der Waals surface area contributed by atoms with E-state index in [4.69, 9.17) is 0 Å². The molecule has 1 aliphatic heterocycles. The maximum atomic E-state index is 13.3. The van der Waals surface area contributed by atoms with E-state index in [9.17, 15) is 19.1 Å². The summed E-state index contributed by atoms with van der Waals surface area (Å²) in [5.74, 6) is -2.50. The number of ketones is 1. The number of aromatic nitrogens is 2. The van der Waals surface area contributed by atoms with Crippen LogP contribution >= 0.6 is 27.3 Å². The Hall–Kier alpha value is -2.91. The predicted molar refractivity (Wildman–Crippen MR) is 110 cm³/mol. The first kappa shape index (κ1) is 19.4. The number of amides is 1. The van der Waals surface area contributed by atoms with Gasteiger partial charge in [0.15, 0.2) is 0 Å². The van der Waals surface area contributed by atoms with Crippen LogP contribution in [0.4, 0.5) is 9.52 Å². The van der Waals surface area contributed by atoms with Gasteiger partial charge in [-0.25, -0.2) is 4.39 Å². The fourth-order valence-electron chi connectivity index (χ4n) is 3.14. The van der Waals surface area contributed by atoms with Crippen LogP contribution in [0.15, 0.2) is 58.6 Å². The standard InChI is InChI=1S/C20H13BrFN3O3S/c1-10-23-24-20(29-10)25-16(11-2-6-13(21)7-3-11)15(18(27)19(25)28)17(26)12-4-8-14(22)9-5-12/h2-9,16,26H,1H3/t16-/m1/s1. The highest BCUT2D eigenvalue weighted by Gasteiger charge is 2.48. The van der Waals surface area contributed by atoms with Crippen molar-refractivity contribution in [3.8, 4) is 0 Å². The number of hydrogen-bond donors (Lipinski definition) is 1. The molecule has 0 spiro atoms. The highest BCUT2D eigenvalue weighted by molar-refractivity contribution is 9.10. The monoisotopic (exact) mass is 473 g/mol. The molecular formula is C20H13BrFN3O3S. The van der Waals surface area contributed by atoms with E-state index in [0.717, 1.165) is 4.47 Å². The van der Waals surface area contributed by atoms with Gasteiger partial charge in [-0.05, 0) is 48.9 Å². The number of aliphatic hydroxyl groups is 1. The number of anilines is 1. The van der Waals surface area contributed by atoms with Crippen molar-refractivity contribution in [2.75, 3.05) is 4.90 Å². The molecular weight excluding hydrogens is 461 g/mol. The Balaban J connectivity index is 1.93. The Morgan fingerprint density at radius 3 is 2.34 bits per heavy atom. The van der Waals surface area contributed by atoms with Gasteiger partial charge in [-0.2, -0.15) is 0 Å². The van der Waals surface area contributed by atoms with E-state index in [2.05, 4.69) is 26.1 Å². The Labute approximate surface area is 177 Å². The van der Waals surface area contributed by atoms with E-state index < -0.39 is 23.5 Å². The normalized spacial score (nSPS) is 18.4. The van der Waals surface area contributed by atoms with Crippen molar-refractivity contribution in [1.82, 2.24) is 10.2 Å². The van der Waals surface area contributed by atoms with Crippen LogP contribution in [-0.4, -0.2) is 27.0 Å². The van der Waals surface area contributed by atoms with Crippen LogP contribution in [0.25, 0.3) is 5.76 Å². The summed E-state index contributed by atoms with van der Waals surface area (Å²) in [4.78, 5) is 27.0. The Kier molecular flexibility index (Phi) is 5.01. The summed E-state index contributed by atoms with van der Waals surface area (Å²) in [6.07, 6.45) is 0. The smallest absolute Gasteiger partial charge is 0.301 e. The zero-order valence-corrected chi connectivity index (χ0v) is 17.4. The number of carbonyl (C=O) groups excluding carboxylic acids is 2. The SMILES string of the molecule is Cc1nnc(N2C(=O)C(=O)C(=C(O)c3ccc(F)cc3)[C@H]2c2ccc(Br)cc2)s1. The third-order valence-electron chi connectivity index (χ3n) is 4.47. The third-order valence-corrected chi connectivity index (χ3v) is 5.84. The molecule has 1 saturated heterocycles. The van der Waals surface area contributed by atoms with Gasteiger partial charge >= 0.3 is 5.91 Å². The van der Waals surface area contributed by atoms with Gasteiger partial charge in [0.25, 0.3) is 5.78 Å². The molecule has 1 fully saturated rings. The number of aliphatic hydroxyl groups excluding tert-OH is 1. The van der Waals surface area contributed by atoms with Gasteiger partial charge in [0.1, 0.15) is 16.6 Å². The number of halogens is 2. The first-order valence-electron chi connectivity index (χ1n) is 8.49. The maximum absolute atomic E-state index is 13.3. The number of benzene rings is 2. The van der Waals surface area contributed by atoms with Gasteiger partial charge in [-0.3, -0.25) is 14.5 Å². The molecule has 2 heterocycles. The van der Waals surface area contributed by atoms with Crippen LogP contribution in [-0.2, 0) is 9.59 Å². The molecule has 1 aliphatic rings. The third kappa shape index (κ3) is 3.47. The lowest BCUT2D eigenvalue weighted by Gasteiger charge is -2.22. The Morgan fingerprint density at radius 2 is 1.76 bits per heavy atom. The summed E-state index contributed by atoms with van der Waals surface area (Å²) < 4.78 is 14.1. The summed E-state index contributed by atoms with van der Waals surface area (Å²) >= 11 is 4.54. The van der Waals surface area contributed by atoms with Crippen molar-refractivity contribution in [3.63, 3.8) is 0 Å². The lowest BCUT2D eigenvalue weighted by Crippen LogP contribution is -2.29. The van der Waals surface area contributed by atoms with E-state index in [1.807, 2.05) is 0 Å². The molecule has 1 atom stereocenters. The van der Waals surface area contributed by atoms with Gasteiger partial charge in [0.2, 0.25) is 5.13 Å². The average molecular weight is 474 g/mol. The van der Waals surface area contributed by atoms with E-state index in [-0.39, 0.29) is 22.0 Å². The molecule has 0 bridgehead atoms. The highest BCUT2D eigenvalue weighted by atomic mass is 79.9. The van der Waals surface area contributed by atoms with E-state index in [1.165, 1.54) is 40.5 Å². The molecule has 2 aromatic carbocycles. The molecule has 3 aromatic rings. The molecule has 0 saturated carbocycles. The number of Topliss-reactive ketones (excluding diaryl/α,β-unsaturated/α-hetero) is 1. The maximum Gasteiger partial charge on any atom is 0.301 e. The van der Waals surface area contributed by atoms with Crippen LogP contribution in [0.1, 0.15) is 22.2 Å². The van der Waals surface area contributed by atoms with Gasteiger partial charge in [0.05, 0.1) is 11.6 Å². The van der Waals surface area contributed by atoms with Gasteiger partial charge < -0.3 is 5.11 Å². The van der Waals surface area contributed by atoms with Crippen LogP contribution < -0.4 is 4.90 Å². The predicted octanol–water partition coefficient (Wildman–Crippen LogP) is 4.37. The lowest BCUT2D eigenvalue weighted by molar-refractivity contribution is -0.132. The van der Waals surface area contributed by atoms with E-state index in [1.54, 1.807) is 31.2 Å². The van der Waals surface area contributed by atoms with Gasteiger partial charge in [-0.15, -0.1) is 10.2 Å². The minimum atomic E-state index is -0.888. The number of aryl methyl sites for hydroxylation is 1. The minimum Gasteiger partial charge on any atom is -0.507 e. The number of hydrogen-bond acceptors (Lipinski definition) is 6. The largest absolute Gasteiger partial charge is 0.507 e. The molecule has 1 aromatic heterocycles. The summed E-state index contributed by atoms with van der Waals surface area (Å²) in [7, 11) is 0. The molecule has 0 radical (unpaired) electrons. The fourth-order valence-corrected chi connectivity index (χ4v) is 4.12. The Morgan fingerprint density at radius 1 is 1.10 bits per heavy atom. The van der Waals surface area contributed by atoms with Gasteiger partial charge in [0, 0.05) is 10.0 Å². The van der Waals surface area contributed by atoms with Crippen molar-refractivity contribution in [2.24, 2.45) is 0 Å². The summed E-state index contributed by atoms with van der Waals surface area (Å²) in [6, 6.07) is 11.2. The summed E-state index contributed by atoms with van der Waals surface area (Å²) in [5, 5.41) is 19.7. The molecule has 4 rings (SSSR count). The molecule has 6 nitrogen and oxygen atoms in total. The van der Waals surface area contributed by atoms with Crippen LogP contribution in [0.3, 0.4) is 0 Å². The average Bonchev–Trinajstić information content (AvgIpc) is 3.24. The molecule has 29 heavy (non-hydrogen) atoms. The molecule has 1 amide bonds. The second kappa shape index (κ2) is 7.49. The topological polar surface area (TPSA) is 83.4 Å². The number of rotatable bonds is 3. The van der Waals surface area contributed by atoms with Crippen molar-refractivity contribution >= 4 is 49.8 Å². The quantitative estimate of drug-likeness (QED) is 0.346. The summed E-state index contributed by atoms with van der Waals surface area (Å²) in [6.45, 7) is 1.74. The second-order valence-corrected chi connectivity index (χ2v) is 8.41. The van der Waals surface area contributed by atoms with Crippen molar-refractivity contribution in [2.45, 2.75) is 13.0 Å².